The summed E-state index contributed by atoms with van der Waals surface area (Å²) in [6.45, 7) is 1.80. The molecule has 0 saturated heterocycles. The summed E-state index contributed by atoms with van der Waals surface area (Å²) in [4.78, 5) is 35.5. The molecule has 0 unspecified atom stereocenters. The van der Waals surface area contributed by atoms with Crippen molar-refractivity contribution in [3.05, 3.63) is 59.7 Å². The first-order chi connectivity index (χ1) is 12.1. The normalized spacial score (nSPS) is 13.2. The molecule has 3 rings (SSSR count). The first-order valence-electron chi connectivity index (χ1n) is 8.33. The van der Waals surface area contributed by atoms with Crippen molar-refractivity contribution in [2.24, 2.45) is 5.92 Å². The van der Waals surface area contributed by atoms with Crippen LogP contribution in [0.2, 0.25) is 0 Å². The number of esters is 1. The molecule has 1 N–H and O–H groups in total. The number of hydrogen-bond acceptors (Lipinski definition) is 4. The Morgan fingerprint density at radius 1 is 0.960 bits per heavy atom. The van der Waals surface area contributed by atoms with Crippen LogP contribution in [-0.4, -0.2) is 17.7 Å². The van der Waals surface area contributed by atoms with Crippen molar-refractivity contribution in [1.82, 2.24) is 0 Å². The molecule has 1 amide bonds. The van der Waals surface area contributed by atoms with E-state index in [1.165, 1.54) is 0 Å². The number of anilines is 1. The summed E-state index contributed by atoms with van der Waals surface area (Å²) < 4.78 is 5.30. The van der Waals surface area contributed by atoms with Crippen LogP contribution >= 0.6 is 0 Å². The molecule has 2 aromatic rings. The zero-order chi connectivity index (χ0) is 17.8. The molecule has 0 heterocycles. The predicted octanol–water partition coefficient (Wildman–Crippen LogP) is 3.85. The van der Waals surface area contributed by atoms with E-state index in [1.807, 2.05) is 0 Å². The number of benzene rings is 2. The predicted molar refractivity (Wildman–Crippen MR) is 93.8 cm³/mol. The highest BCUT2D eigenvalue weighted by atomic mass is 16.5. The highest BCUT2D eigenvalue weighted by Crippen LogP contribution is 2.30. The number of ketones is 1. The lowest BCUT2D eigenvalue weighted by molar-refractivity contribution is -0.117. The highest BCUT2D eigenvalue weighted by molar-refractivity contribution is 5.97. The van der Waals surface area contributed by atoms with Crippen molar-refractivity contribution in [3.63, 3.8) is 0 Å². The molecule has 0 aliphatic heterocycles. The minimum absolute atomic E-state index is 0.0250. The smallest absolute Gasteiger partial charge is 0.343 e. The van der Waals surface area contributed by atoms with Gasteiger partial charge in [-0.3, -0.25) is 9.59 Å². The summed E-state index contributed by atoms with van der Waals surface area (Å²) in [5, 5.41) is 2.82. The van der Waals surface area contributed by atoms with Gasteiger partial charge in [-0.25, -0.2) is 4.79 Å². The summed E-state index contributed by atoms with van der Waals surface area (Å²) in [6.07, 6.45) is 2.32. The lowest BCUT2D eigenvalue weighted by atomic mass is 10.1. The highest BCUT2D eigenvalue weighted by Gasteiger charge is 2.29. The van der Waals surface area contributed by atoms with Crippen LogP contribution in [-0.2, 0) is 4.79 Å². The van der Waals surface area contributed by atoms with Gasteiger partial charge in [0.1, 0.15) is 5.75 Å². The Morgan fingerprint density at radius 2 is 1.56 bits per heavy atom. The molecule has 1 aliphatic rings. The zero-order valence-electron chi connectivity index (χ0n) is 14.0. The third-order valence-electron chi connectivity index (χ3n) is 4.04. The maximum absolute atomic E-state index is 12.2. The Morgan fingerprint density at radius 3 is 2.12 bits per heavy atom. The Bertz CT molecular complexity index is 789. The SMILES string of the molecule is CCC(=O)c1ccc(OC(=O)c2ccc(NC(=O)C3CC3)cc2)cc1. The van der Waals surface area contributed by atoms with E-state index in [1.54, 1.807) is 55.5 Å². The molecule has 0 radical (unpaired) electrons. The van der Waals surface area contributed by atoms with Gasteiger partial charge in [0.25, 0.3) is 0 Å². The number of rotatable bonds is 6. The number of Topliss-reactive ketones (excluding diaryl/α,β-unsaturated/α-hetero) is 1. The van der Waals surface area contributed by atoms with Gasteiger partial charge in [0.15, 0.2) is 5.78 Å². The first kappa shape index (κ1) is 16.9. The van der Waals surface area contributed by atoms with Gasteiger partial charge in [-0.15, -0.1) is 0 Å². The Balaban J connectivity index is 1.60. The van der Waals surface area contributed by atoms with Crippen LogP contribution in [0.15, 0.2) is 48.5 Å². The lowest BCUT2D eigenvalue weighted by Gasteiger charge is -2.07. The topological polar surface area (TPSA) is 72.5 Å². The molecular weight excluding hydrogens is 318 g/mol. The van der Waals surface area contributed by atoms with Gasteiger partial charge in [0, 0.05) is 23.6 Å². The van der Waals surface area contributed by atoms with E-state index in [-0.39, 0.29) is 17.6 Å². The van der Waals surface area contributed by atoms with Crippen LogP contribution in [0, 0.1) is 5.92 Å². The maximum atomic E-state index is 12.2. The number of hydrogen-bond donors (Lipinski definition) is 1. The molecule has 1 aliphatic carbocycles. The Hall–Kier alpha value is -2.95. The van der Waals surface area contributed by atoms with Crippen molar-refractivity contribution in [2.75, 3.05) is 5.32 Å². The molecule has 5 heteroatoms. The van der Waals surface area contributed by atoms with Crippen LogP contribution in [0.25, 0.3) is 0 Å². The Labute approximate surface area is 146 Å². The van der Waals surface area contributed by atoms with Gasteiger partial charge in [-0.2, -0.15) is 0 Å². The average Bonchev–Trinajstić information content (AvgIpc) is 3.47. The van der Waals surface area contributed by atoms with E-state index in [4.69, 9.17) is 4.74 Å². The second-order valence-electron chi connectivity index (χ2n) is 6.03. The molecule has 128 valence electrons. The van der Waals surface area contributed by atoms with Crippen molar-refractivity contribution in [2.45, 2.75) is 26.2 Å². The lowest BCUT2D eigenvalue weighted by Crippen LogP contribution is -2.13. The van der Waals surface area contributed by atoms with Gasteiger partial charge >= 0.3 is 5.97 Å². The molecular formula is C20H19NO4. The van der Waals surface area contributed by atoms with E-state index < -0.39 is 5.97 Å². The molecule has 0 bridgehead atoms. The standard InChI is InChI=1S/C20H19NO4/c1-2-18(22)13-7-11-17(12-8-13)25-20(24)15-5-9-16(10-6-15)21-19(23)14-3-4-14/h5-12,14H,2-4H2,1H3,(H,21,23). The second kappa shape index (κ2) is 7.30. The number of amides is 1. The van der Waals surface area contributed by atoms with Gasteiger partial charge in [-0.1, -0.05) is 6.92 Å². The van der Waals surface area contributed by atoms with Gasteiger partial charge in [0.05, 0.1) is 5.56 Å². The molecule has 1 fully saturated rings. The molecule has 2 aromatic carbocycles. The molecule has 5 nitrogen and oxygen atoms in total. The molecule has 25 heavy (non-hydrogen) atoms. The van der Waals surface area contributed by atoms with Gasteiger partial charge < -0.3 is 10.1 Å². The molecule has 1 saturated carbocycles. The van der Waals surface area contributed by atoms with Crippen molar-refractivity contribution >= 4 is 23.3 Å². The number of carbonyl (C=O) groups excluding carboxylic acids is 3. The monoisotopic (exact) mass is 337 g/mol. The number of ether oxygens (including phenoxy) is 1. The van der Waals surface area contributed by atoms with Crippen LogP contribution in [0.4, 0.5) is 5.69 Å². The van der Waals surface area contributed by atoms with Gasteiger partial charge in [-0.05, 0) is 61.4 Å². The minimum atomic E-state index is -0.491. The quantitative estimate of drug-likeness (QED) is 0.494. The van der Waals surface area contributed by atoms with E-state index in [0.29, 0.717) is 29.0 Å². The average molecular weight is 337 g/mol. The third kappa shape index (κ3) is 4.32. The van der Waals surface area contributed by atoms with Crippen LogP contribution in [0.5, 0.6) is 5.75 Å². The first-order valence-corrected chi connectivity index (χ1v) is 8.33. The summed E-state index contributed by atoms with van der Waals surface area (Å²) in [7, 11) is 0. The van der Waals surface area contributed by atoms with Crippen molar-refractivity contribution < 1.29 is 19.1 Å². The maximum Gasteiger partial charge on any atom is 0.343 e. The third-order valence-corrected chi connectivity index (χ3v) is 4.04. The second-order valence-corrected chi connectivity index (χ2v) is 6.03. The fourth-order valence-corrected chi connectivity index (χ4v) is 2.36. The van der Waals surface area contributed by atoms with Gasteiger partial charge in [0.2, 0.25) is 5.91 Å². The summed E-state index contributed by atoms with van der Waals surface area (Å²) >= 11 is 0. The van der Waals surface area contributed by atoms with Crippen LogP contribution in [0.3, 0.4) is 0 Å². The summed E-state index contributed by atoms with van der Waals surface area (Å²) in [5.41, 5.74) is 1.65. The number of carbonyl (C=O) groups is 3. The molecule has 0 atom stereocenters. The van der Waals surface area contributed by atoms with E-state index in [2.05, 4.69) is 5.32 Å². The molecule has 0 spiro atoms. The van der Waals surface area contributed by atoms with E-state index in [0.717, 1.165) is 12.8 Å². The van der Waals surface area contributed by atoms with E-state index >= 15 is 0 Å². The van der Waals surface area contributed by atoms with Crippen molar-refractivity contribution in [3.8, 4) is 5.75 Å². The largest absolute Gasteiger partial charge is 0.423 e. The zero-order valence-corrected chi connectivity index (χ0v) is 14.0. The fraction of sp³-hybridized carbons (Fsp3) is 0.250. The number of nitrogens with one attached hydrogen (secondary N) is 1. The van der Waals surface area contributed by atoms with E-state index in [9.17, 15) is 14.4 Å². The van der Waals surface area contributed by atoms with Crippen LogP contribution in [0.1, 0.15) is 46.9 Å². The summed E-state index contributed by atoms with van der Waals surface area (Å²) in [6, 6.07) is 13.1. The van der Waals surface area contributed by atoms with Crippen molar-refractivity contribution in [1.29, 1.82) is 0 Å². The van der Waals surface area contributed by atoms with Crippen LogP contribution < -0.4 is 10.1 Å². The minimum Gasteiger partial charge on any atom is -0.423 e. The summed E-state index contributed by atoms with van der Waals surface area (Å²) in [5.74, 6) is 0.0874. The molecule has 0 aromatic heterocycles. The Kier molecular flexibility index (Phi) is 4.93. The fourth-order valence-electron chi connectivity index (χ4n) is 2.36.